The van der Waals surface area contributed by atoms with Crippen LogP contribution in [0.15, 0.2) is 30.3 Å². The predicted molar refractivity (Wildman–Crippen MR) is 105 cm³/mol. The van der Waals surface area contributed by atoms with Crippen LogP contribution in [0.4, 0.5) is 0 Å². The van der Waals surface area contributed by atoms with Gasteiger partial charge in [0.2, 0.25) is 5.91 Å². The fourth-order valence-electron chi connectivity index (χ4n) is 2.79. The molecule has 5 nitrogen and oxygen atoms in total. The Hall–Kier alpha value is -1.82. The van der Waals surface area contributed by atoms with E-state index in [1.54, 1.807) is 6.92 Å². The molecule has 1 rings (SSSR count). The van der Waals surface area contributed by atoms with Gasteiger partial charge in [-0.3, -0.25) is 9.59 Å². The molecule has 0 aliphatic rings. The van der Waals surface area contributed by atoms with E-state index in [0.29, 0.717) is 12.3 Å². The highest BCUT2D eigenvalue weighted by atomic mass is 32.2. The second kappa shape index (κ2) is 11.0. The molecule has 1 N–H and O–H groups in total. The third-order valence-electron chi connectivity index (χ3n) is 4.02. The van der Waals surface area contributed by atoms with E-state index in [2.05, 4.69) is 23.9 Å². The summed E-state index contributed by atoms with van der Waals surface area (Å²) >= 11 is 1.21. The van der Waals surface area contributed by atoms with Crippen molar-refractivity contribution in [1.82, 2.24) is 5.32 Å². The average molecular weight is 380 g/mol. The molecular formula is C20H29NO4S. The smallest absolute Gasteiger partial charge is 0.328 e. The van der Waals surface area contributed by atoms with Crippen LogP contribution in [0.1, 0.15) is 39.7 Å². The van der Waals surface area contributed by atoms with Crippen molar-refractivity contribution in [3.05, 3.63) is 35.9 Å². The molecule has 0 aliphatic heterocycles. The molecule has 0 saturated heterocycles. The number of benzene rings is 1. The van der Waals surface area contributed by atoms with Gasteiger partial charge in [0.05, 0.1) is 13.0 Å². The first-order valence-electron chi connectivity index (χ1n) is 8.83. The lowest BCUT2D eigenvalue weighted by molar-refractivity contribution is -0.145. The van der Waals surface area contributed by atoms with Crippen molar-refractivity contribution in [2.45, 2.75) is 51.8 Å². The first kappa shape index (κ1) is 22.2. The molecule has 0 saturated carbocycles. The summed E-state index contributed by atoms with van der Waals surface area (Å²) in [5.41, 5.74) is 1.02. The lowest BCUT2D eigenvalue weighted by Gasteiger charge is -2.27. The molecule has 0 fully saturated rings. The largest absolute Gasteiger partial charge is 0.467 e. The fraction of sp³-hybridized carbons (Fsp3) is 0.550. The molecule has 0 spiro atoms. The highest BCUT2D eigenvalue weighted by Gasteiger charge is 2.32. The van der Waals surface area contributed by atoms with Gasteiger partial charge in [0.25, 0.3) is 0 Å². The first-order chi connectivity index (χ1) is 12.2. The second-order valence-electron chi connectivity index (χ2n) is 6.83. The van der Waals surface area contributed by atoms with Crippen LogP contribution in [0.2, 0.25) is 0 Å². The van der Waals surface area contributed by atoms with Crippen molar-refractivity contribution in [3.63, 3.8) is 0 Å². The van der Waals surface area contributed by atoms with Crippen LogP contribution in [0.25, 0.3) is 0 Å². The Morgan fingerprint density at radius 2 is 1.73 bits per heavy atom. The van der Waals surface area contributed by atoms with Gasteiger partial charge in [0.15, 0.2) is 5.12 Å². The molecule has 0 radical (unpaired) electrons. The Labute approximate surface area is 160 Å². The van der Waals surface area contributed by atoms with Crippen LogP contribution in [0.3, 0.4) is 0 Å². The summed E-state index contributed by atoms with van der Waals surface area (Å²) in [6, 6.07) is 8.98. The first-order valence-corrected chi connectivity index (χ1v) is 9.71. The normalized spacial score (nSPS) is 14.4. The number of thioether (sulfide) groups is 1. The SMILES string of the molecule is COC(=O)[C@H](C)NC(=O)[C@@H](Cc1ccccc1)[C@@H](CC(C)C)SC(C)=O. The van der Waals surface area contributed by atoms with Gasteiger partial charge < -0.3 is 10.1 Å². The molecule has 1 aromatic rings. The van der Waals surface area contributed by atoms with Gasteiger partial charge in [0, 0.05) is 12.2 Å². The third kappa shape index (κ3) is 7.60. The summed E-state index contributed by atoms with van der Waals surface area (Å²) in [7, 11) is 1.29. The number of hydrogen-bond donors (Lipinski definition) is 1. The van der Waals surface area contributed by atoms with Gasteiger partial charge in [0.1, 0.15) is 6.04 Å². The van der Waals surface area contributed by atoms with Crippen LogP contribution < -0.4 is 5.32 Å². The molecule has 0 aliphatic carbocycles. The van der Waals surface area contributed by atoms with Gasteiger partial charge in [-0.15, -0.1) is 0 Å². The number of esters is 1. The van der Waals surface area contributed by atoms with Crippen molar-refractivity contribution in [1.29, 1.82) is 0 Å². The summed E-state index contributed by atoms with van der Waals surface area (Å²) in [6.45, 7) is 7.26. The molecule has 26 heavy (non-hydrogen) atoms. The zero-order valence-electron chi connectivity index (χ0n) is 16.2. The van der Waals surface area contributed by atoms with Gasteiger partial charge in [-0.2, -0.15) is 0 Å². The molecule has 1 aromatic carbocycles. The molecule has 0 bridgehead atoms. The number of ether oxygens (including phenoxy) is 1. The van der Waals surface area contributed by atoms with E-state index < -0.39 is 17.9 Å². The van der Waals surface area contributed by atoms with Gasteiger partial charge >= 0.3 is 5.97 Å². The Balaban J connectivity index is 3.06. The highest BCUT2D eigenvalue weighted by Crippen LogP contribution is 2.30. The number of carbonyl (C=O) groups is 3. The monoisotopic (exact) mass is 379 g/mol. The Bertz CT molecular complexity index is 603. The molecule has 3 atom stereocenters. The van der Waals surface area contributed by atoms with Crippen molar-refractivity contribution >= 4 is 28.8 Å². The maximum Gasteiger partial charge on any atom is 0.328 e. The van der Waals surface area contributed by atoms with Crippen molar-refractivity contribution in [2.75, 3.05) is 7.11 Å². The minimum Gasteiger partial charge on any atom is -0.467 e. The summed E-state index contributed by atoms with van der Waals surface area (Å²) < 4.78 is 4.69. The van der Waals surface area contributed by atoms with Crippen molar-refractivity contribution < 1.29 is 19.1 Å². The van der Waals surface area contributed by atoms with Crippen LogP contribution in [-0.2, 0) is 25.5 Å². The lowest BCUT2D eigenvalue weighted by atomic mass is 9.90. The molecule has 0 unspecified atom stereocenters. The van der Waals surface area contributed by atoms with E-state index in [1.807, 2.05) is 30.3 Å². The van der Waals surface area contributed by atoms with E-state index in [1.165, 1.54) is 25.8 Å². The van der Waals surface area contributed by atoms with Crippen LogP contribution in [0, 0.1) is 11.8 Å². The maximum absolute atomic E-state index is 12.9. The average Bonchev–Trinajstić information content (AvgIpc) is 2.58. The zero-order chi connectivity index (χ0) is 19.7. The molecule has 144 valence electrons. The summed E-state index contributed by atoms with van der Waals surface area (Å²) in [5.74, 6) is -0.792. The molecule has 0 aromatic heterocycles. The Kier molecular flexibility index (Phi) is 9.41. The zero-order valence-corrected chi connectivity index (χ0v) is 17.0. The van der Waals surface area contributed by atoms with E-state index in [4.69, 9.17) is 0 Å². The number of carbonyl (C=O) groups excluding carboxylic acids is 3. The lowest BCUT2D eigenvalue weighted by Crippen LogP contribution is -2.45. The minimum absolute atomic E-state index is 0.0115. The van der Waals surface area contributed by atoms with Crippen LogP contribution >= 0.6 is 11.8 Å². The minimum atomic E-state index is -0.729. The molecule has 1 amide bonds. The maximum atomic E-state index is 12.9. The summed E-state index contributed by atoms with van der Waals surface area (Å²) in [5, 5.41) is 2.57. The fourth-order valence-corrected chi connectivity index (χ4v) is 4.08. The Morgan fingerprint density at radius 3 is 2.23 bits per heavy atom. The van der Waals surface area contributed by atoms with Crippen molar-refractivity contribution in [2.24, 2.45) is 11.8 Å². The van der Waals surface area contributed by atoms with E-state index in [-0.39, 0.29) is 16.3 Å². The Morgan fingerprint density at radius 1 is 1.12 bits per heavy atom. The van der Waals surface area contributed by atoms with E-state index in [0.717, 1.165) is 12.0 Å². The van der Waals surface area contributed by atoms with Crippen LogP contribution in [0.5, 0.6) is 0 Å². The van der Waals surface area contributed by atoms with E-state index >= 15 is 0 Å². The third-order valence-corrected chi connectivity index (χ3v) is 5.17. The van der Waals surface area contributed by atoms with Crippen molar-refractivity contribution in [3.8, 4) is 0 Å². The number of rotatable bonds is 9. The quantitative estimate of drug-likeness (QED) is 0.667. The predicted octanol–water partition coefficient (Wildman–Crippen LogP) is 3.22. The highest BCUT2D eigenvalue weighted by molar-refractivity contribution is 8.14. The number of nitrogens with one attached hydrogen (secondary N) is 1. The number of methoxy groups -OCH3 is 1. The molecular weight excluding hydrogens is 350 g/mol. The summed E-state index contributed by atoms with van der Waals surface area (Å²) in [6.07, 6.45) is 1.25. The molecule has 0 heterocycles. The van der Waals surface area contributed by atoms with Gasteiger partial charge in [-0.25, -0.2) is 4.79 Å². The topological polar surface area (TPSA) is 72.5 Å². The standard InChI is InChI=1S/C20H29NO4S/c1-13(2)11-18(26-15(4)22)17(12-16-9-7-6-8-10-16)19(23)21-14(3)20(24)25-5/h6-10,13-14,17-18H,11-12H2,1-5H3,(H,21,23)/t14-,17-,18+/m0/s1. The van der Waals surface area contributed by atoms with Gasteiger partial charge in [-0.05, 0) is 31.2 Å². The van der Waals surface area contributed by atoms with E-state index in [9.17, 15) is 14.4 Å². The molecule has 6 heteroatoms. The van der Waals surface area contributed by atoms with Gasteiger partial charge in [-0.1, -0.05) is 55.9 Å². The summed E-state index contributed by atoms with van der Waals surface area (Å²) in [4.78, 5) is 36.3. The second-order valence-corrected chi connectivity index (χ2v) is 8.24. The number of hydrogen-bond acceptors (Lipinski definition) is 5. The number of amides is 1. The van der Waals surface area contributed by atoms with Crippen LogP contribution in [-0.4, -0.2) is 35.4 Å².